The summed E-state index contributed by atoms with van der Waals surface area (Å²) in [7, 11) is 0. The van der Waals surface area contributed by atoms with E-state index in [1.54, 1.807) is 24.3 Å². The molecule has 0 radical (unpaired) electrons. The molecule has 10 nitrogen and oxygen atoms in total. The maximum absolute atomic E-state index is 13.7. The molecule has 0 bridgehead atoms. The second-order valence-corrected chi connectivity index (χ2v) is 8.29. The molecule has 0 spiro atoms. The van der Waals surface area contributed by atoms with E-state index in [1.165, 1.54) is 18.2 Å². The zero-order valence-electron chi connectivity index (χ0n) is 20.4. The molecule has 3 rings (SSSR count). The van der Waals surface area contributed by atoms with E-state index in [4.69, 9.17) is 19.6 Å². The maximum atomic E-state index is 13.7. The van der Waals surface area contributed by atoms with Crippen molar-refractivity contribution in [1.82, 2.24) is 15.8 Å². The normalized spacial score (nSPS) is 11.4. The van der Waals surface area contributed by atoms with Gasteiger partial charge in [-0.25, -0.2) is 13.6 Å². The van der Waals surface area contributed by atoms with Crippen LogP contribution in [0, 0.1) is 23.0 Å². The Balaban J connectivity index is 1.47. The molecule has 1 atom stereocenters. The zero-order chi connectivity index (χ0) is 27.3. The quantitative estimate of drug-likeness (QED) is 0.247. The fourth-order valence-corrected chi connectivity index (χ4v) is 3.47. The van der Waals surface area contributed by atoms with E-state index in [2.05, 4.69) is 21.1 Å². The van der Waals surface area contributed by atoms with Crippen molar-refractivity contribution in [1.29, 1.82) is 5.26 Å². The Morgan fingerprint density at radius 3 is 2.68 bits per heavy atom. The number of nitrogens with zero attached hydrogens (tertiary/aromatic N) is 2. The number of aromatic nitrogens is 1. The molecule has 2 amide bonds. The molecule has 0 aliphatic carbocycles. The van der Waals surface area contributed by atoms with E-state index < -0.39 is 29.7 Å². The number of halogens is 2. The van der Waals surface area contributed by atoms with Gasteiger partial charge >= 0.3 is 6.09 Å². The van der Waals surface area contributed by atoms with Gasteiger partial charge in [0.2, 0.25) is 11.8 Å². The molecule has 38 heavy (non-hydrogen) atoms. The number of anilines is 1. The third kappa shape index (κ3) is 8.65. The van der Waals surface area contributed by atoms with Crippen molar-refractivity contribution in [2.24, 2.45) is 0 Å². The molecule has 4 N–H and O–H groups in total. The molecule has 200 valence electrons. The summed E-state index contributed by atoms with van der Waals surface area (Å²) in [6, 6.07) is 13.4. The SMILES string of the molecule is N#Cc1ccc(-c2cc(NC(=O)OC[C@H](CCCCO)NC(=O)CNCc3cccc(F)c3F)on2)cc1. The fraction of sp³-hybridized carbons (Fsp3) is 0.308. The highest BCUT2D eigenvalue weighted by atomic mass is 19.2. The minimum atomic E-state index is -0.975. The van der Waals surface area contributed by atoms with Gasteiger partial charge < -0.3 is 25.0 Å². The van der Waals surface area contributed by atoms with Crippen LogP contribution in [0.25, 0.3) is 11.3 Å². The molecule has 0 unspecified atom stereocenters. The van der Waals surface area contributed by atoms with Crippen LogP contribution in [0.2, 0.25) is 0 Å². The van der Waals surface area contributed by atoms with Crippen molar-refractivity contribution < 1.29 is 32.7 Å². The molecule has 1 heterocycles. The lowest BCUT2D eigenvalue weighted by atomic mass is 10.1. The van der Waals surface area contributed by atoms with E-state index in [0.29, 0.717) is 36.1 Å². The minimum Gasteiger partial charge on any atom is -0.447 e. The minimum absolute atomic E-state index is 0.0180. The number of unbranched alkanes of at least 4 members (excludes halogenated alkanes) is 1. The van der Waals surface area contributed by atoms with Crippen LogP contribution in [0.4, 0.5) is 19.5 Å². The van der Waals surface area contributed by atoms with E-state index in [-0.39, 0.29) is 37.8 Å². The molecule has 3 aromatic rings. The number of nitriles is 1. The van der Waals surface area contributed by atoms with Crippen molar-refractivity contribution in [3.8, 4) is 17.3 Å². The van der Waals surface area contributed by atoms with Crippen molar-refractivity contribution in [2.45, 2.75) is 31.8 Å². The highest BCUT2D eigenvalue weighted by Gasteiger charge is 2.17. The first kappa shape index (κ1) is 28.2. The lowest BCUT2D eigenvalue weighted by molar-refractivity contribution is -0.121. The molecule has 0 saturated carbocycles. The highest BCUT2D eigenvalue weighted by molar-refractivity contribution is 5.83. The zero-order valence-corrected chi connectivity index (χ0v) is 20.4. The number of aliphatic hydroxyl groups excluding tert-OH is 1. The number of aliphatic hydroxyl groups is 1. The molecule has 0 aliphatic heterocycles. The third-order valence-electron chi connectivity index (χ3n) is 5.42. The number of benzene rings is 2. The summed E-state index contributed by atoms with van der Waals surface area (Å²) in [5.41, 5.74) is 1.72. The standard InChI is InChI=1S/C26H27F2N5O5/c27-21-6-3-4-19(25(21)28)14-30-15-23(35)31-20(5-1-2-11-34)16-37-26(36)32-24-12-22(33-38-24)18-9-7-17(13-29)8-10-18/h3-4,6-10,12,20,30,34H,1-2,5,11,14-16H2,(H,31,35)(H,32,36)/t20-/m0/s1. The Labute approximate surface area is 217 Å². The number of rotatable bonds is 13. The third-order valence-corrected chi connectivity index (χ3v) is 5.42. The molecule has 0 fully saturated rings. The summed E-state index contributed by atoms with van der Waals surface area (Å²) in [6.45, 7) is -0.393. The van der Waals surface area contributed by atoms with E-state index in [1.807, 2.05) is 6.07 Å². The van der Waals surface area contributed by atoms with Crippen LogP contribution in [0.3, 0.4) is 0 Å². The Hall–Kier alpha value is -4.34. The van der Waals surface area contributed by atoms with Crippen LogP contribution in [0.1, 0.15) is 30.4 Å². The van der Waals surface area contributed by atoms with Gasteiger partial charge in [0, 0.05) is 30.3 Å². The number of carbonyl (C=O) groups excluding carboxylic acids is 2. The average molecular weight is 528 g/mol. The van der Waals surface area contributed by atoms with Crippen molar-refractivity contribution in [2.75, 3.05) is 25.1 Å². The van der Waals surface area contributed by atoms with E-state index >= 15 is 0 Å². The molecular formula is C26H27F2N5O5. The van der Waals surface area contributed by atoms with E-state index in [9.17, 15) is 18.4 Å². The summed E-state index contributed by atoms with van der Waals surface area (Å²) in [4.78, 5) is 24.6. The highest BCUT2D eigenvalue weighted by Crippen LogP contribution is 2.22. The summed E-state index contributed by atoms with van der Waals surface area (Å²) in [5.74, 6) is -2.33. The van der Waals surface area contributed by atoms with Gasteiger partial charge in [0.25, 0.3) is 0 Å². The first-order valence-electron chi connectivity index (χ1n) is 11.8. The average Bonchev–Trinajstić information content (AvgIpc) is 3.38. The van der Waals surface area contributed by atoms with Crippen molar-refractivity contribution in [3.63, 3.8) is 0 Å². The molecule has 0 saturated heterocycles. The predicted molar refractivity (Wildman–Crippen MR) is 133 cm³/mol. The topological polar surface area (TPSA) is 150 Å². The van der Waals surface area contributed by atoms with Gasteiger partial charge in [-0.1, -0.05) is 29.4 Å². The smallest absolute Gasteiger partial charge is 0.414 e. The fourth-order valence-electron chi connectivity index (χ4n) is 3.47. The maximum Gasteiger partial charge on any atom is 0.414 e. The Bertz CT molecular complexity index is 1260. The van der Waals surface area contributed by atoms with E-state index in [0.717, 1.165) is 6.07 Å². The van der Waals surface area contributed by atoms with Crippen LogP contribution >= 0.6 is 0 Å². The predicted octanol–water partition coefficient (Wildman–Crippen LogP) is 3.48. The van der Waals surface area contributed by atoms with Crippen molar-refractivity contribution >= 4 is 17.9 Å². The molecule has 2 aromatic carbocycles. The number of amides is 2. The van der Waals surface area contributed by atoms with Crippen LogP contribution in [0.5, 0.6) is 0 Å². The van der Waals surface area contributed by atoms with Gasteiger partial charge in [-0.15, -0.1) is 0 Å². The summed E-state index contributed by atoms with van der Waals surface area (Å²) in [5, 5.41) is 29.7. The number of nitrogens with one attached hydrogen (secondary N) is 3. The monoisotopic (exact) mass is 527 g/mol. The van der Waals surface area contributed by atoms with Crippen LogP contribution in [-0.2, 0) is 16.1 Å². The van der Waals surface area contributed by atoms with Gasteiger partial charge in [-0.2, -0.15) is 5.26 Å². The number of carbonyl (C=O) groups is 2. The number of hydrogen-bond acceptors (Lipinski definition) is 8. The Morgan fingerprint density at radius 2 is 1.95 bits per heavy atom. The van der Waals surface area contributed by atoms with Crippen LogP contribution < -0.4 is 16.0 Å². The lowest BCUT2D eigenvalue weighted by Crippen LogP contribution is -2.43. The molecule has 0 aliphatic rings. The summed E-state index contributed by atoms with van der Waals surface area (Å²) < 4.78 is 37.4. The number of ether oxygens (including phenoxy) is 1. The van der Waals surface area contributed by atoms with Gasteiger partial charge in [0.15, 0.2) is 11.6 Å². The molecular weight excluding hydrogens is 500 g/mol. The van der Waals surface area contributed by atoms with Gasteiger partial charge in [-0.3, -0.25) is 10.1 Å². The summed E-state index contributed by atoms with van der Waals surface area (Å²) >= 11 is 0. The second-order valence-electron chi connectivity index (χ2n) is 8.29. The molecule has 12 heteroatoms. The first-order chi connectivity index (χ1) is 18.4. The van der Waals surface area contributed by atoms with Crippen LogP contribution in [-0.4, -0.2) is 48.1 Å². The molecule has 1 aromatic heterocycles. The van der Waals surface area contributed by atoms with Gasteiger partial charge in [0.05, 0.1) is 24.2 Å². The Morgan fingerprint density at radius 1 is 1.16 bits per heavy atom. The largest absolute Gasteiger partial charge is 0.447 e. The summed E-state index contributed by atoms with van der Waals surface area (Å²) in [6.07, 6.45) is 0.688. The van der Waals surface area contributed by atoms with Gasteiger partial charge in [0.1, 0.15) is 12.3 Å². The first-order valence-corrected chi connectivity index (χ1v) is 11.8. The second kappa shape index (κ2) is 14.4. The van der Waals surface area contributed by atoms with Gasteiger partial charge in [-0.05, 0) is 37.5 Å². The van der Waals surface area contributed by atoms with Crippen molar-refractivity contribution in [3.05, 3.63) is 71.3 Å². The lowest BCUT2D eigenvalue weighted by Gasteiger charge is -2.19. The van der Waals surface area contributed by atoms with Crippen LogP contribution in [0.15, 0.2) is 53.1 Å². The number of hydrogen-bond donors (Lipinski definition) is 4. The Kier molecular flexibility index (Phi) is 10.7.